The third-order valence-corrected chi connectivity index (χ3v) is 3.47. The predicted molar refractivity (Wildman–Crippen MR) is 79.4 cm³/mol. The molecule has 0 saturated carbocycles. The second-order valence-corrected chi connectivity index (χ2v) is 5.35. The highest BCUT2D eigenvalue weighted by molar-refractivity contribution is 9.10. The van der Waals surface area contributed by atoms with Crippen molar-refractivity contribution in [2.24, 2.45) is 0 Å². The zero-order valence-corrected chi connectivity index (χ0v) is 13.0. The van der Waals surface area contributed by atoms with E-state index >= 15 is 0 Å². The Bertz CT molecular complexity index is 705. The summed E-state index contributed by atoms with van der Waals surface area (Å²) in [7, 11) is 0. The van der Waals surface area contributed by atoms with Gasteiger partial charge in [0, 0.05) is 4.47 Å². The summed E-state index contributed by atoms with van der Waals surface area (Å²) >= 11 is 2.70. The predicted octanol–water partition coefficient (Wildman–Crippen LogP) is 5.36. The van der Waals surface area contributed by atoms with Crippen molar-refractivity contribution >= 4 is 27.7 Å². The number of alkyl halides is 3. The van der Waals surface area contributed by atoms with E-state index < -0.39 is 29.3 Å². The van der Waals surface area contributed by atoms with Crippen molar-refractivity contribution in [2.45, 2.75) is 12.8 Å². The number of carbonyl (C=O) groups excluding carboxylic acids is 1. The van der Waals surface area contributed by atoms with E-state index in [0.29, 0.717) is 6.07 Å². The molecule has 0 atom stereocenters. The molecule has 122 valence electrons. The van der Waals surface area contributed by atoms with Gasteiger partial charge < -0.3 is 4.74 Å². The number of halogens is 5. The van der Waals surface area contributed by atoms with Crippen molar-refractivity contribution in [3.05, 3.63) is 63.9 Å². The lowest BCUT2D eigenvalue weighted by molar-refractivity contribution is -0.138. The molecule has 0 radical (unpaired) electrons. The Balaban J connectivity index is 2.05. The van der Waals surface area contributed by atoms with Gasteiger partial charge in [-0.1, -0.05) is 46.3 Å². The number of nitrogens with one attached hydrogen (secondary N) is 1. The Morgan fingerprint density at radius 2 is 1.83 bits per heavy atom. The number of benzene rings is 2. The van der Waals surface area contributed by atoms with Gasteiger partial charge in [-0.15, -0.1) is 0 Å². The SMILES string of the molecule is O=C(Nc1cc(Br)c(C(F)(F)F)cc1F)OCc1ccccc1. The fourth-order valence-corrected chi connectivity index (χ4v) is 2.30. The van der Waals surface area contributed by atoms with E-state index in [1.165, 1.54) is 0 Å². The minimum atomic E-state index is -4.70. The molecule has 0 spiro atoms. The fraction of sp³-hybridized carbons (Fsp3) is 0.133. The molecular weight excluding hydrogens is 382 g/mol. The van der Waals surface area contributed by atoms with Crippen LogP contribution in [0.4, 0.5) is 28.0 Å². The summed E-state index contributed by atoms with van der Waals surface area (Å²) in [5.74, 6) is -1.21. The average molecular weight is 392 g/mol. The highest BCUT2D eigenvalue weighted by Gasteiger charge is 2.34. The van der Waals surface area contributed by atoms with Crippen molar-refractivity contribution in [1.29, 1.82) is 0 Å². The molecule has 0 heterocycles. The van der Waals surface area contributed by atoms with Crippen LogP contribution < -0.4 is 5.32 Å². The van der Waals surface area contributed by atoms with Crippen LogP contribution in [0.5, 0.6) is 0 Å². The number of rotatable bonds is 3. The van der Waals surface area contributed by atoms with Crippen molar-refractivity contribution in [3.63, 3.8) is 0 Å². The van der Waals surface area contributed by atoms with Gasteiger partial charge in [0.15, 0.2) is 0 Å². The van der Waals surface area contributed by atoms with Gasteiger partial charge in [-0.05, 0) is 17.7 Å². The summed E-state index contributed by atoms with van der Waals surface area (Å²) in [4.78, 5) is 11.6. The van der Waals surface area contributed by atoms with Crippen LogP contribution in [0.1, 0.15) is 11.1 Å². The Morgan fingerprint density at radius 3 is 2.43 bits per heavy atom. The van der Waals surface area contributed by atoms with E-state index in [9.17, 15) is 22.4 Å². The summed E-state index contributed by atoms with van der Waals surface area (Å²) in [6, 6.07) is 9.88. The number of ether oxygens (including phenoxy) is 1. The largest absolute Gasteiger partial charge is 0.444 e. The molecule has 0 saturated heterocycles. The van der Waals surface area contributed by atoms with E-state index in [2.05, 4.69) is 21.2 Å². The van der Waals surface area contributed by atoms with E-state index in [4.69, 9.17) is 4.74 Å². The zero-order valence-electron chi connectivity index (χ0n) is 11.5. The first-order valence-corrected chi connectivity index (χ1v) is 7.10. The Kier molecular flexibility index (Phi) is 5.25. The average Bonchev–Trinajstić information content (AvgIpc) is 2.48. The van der Waals surface area contributed by atoms with Gasteiger partial charge in [0.2, 0.25) is 0 Å². The quantitative estimate of drug-likeness (QED) is 0.715. The maximum absolute atomic E-state index is 13.7. The first kappa shape index (κ1) is 17.3. The van der Waals surface area contributed by atoms with E-state index in [1.807, 2.05) is 0 Å². The van der Waals surface area contributed by atoms with Crippen molar-refractivity contribution in [1.82, 2.24) is 0 Å². The number of carbonyl (C=O) groups is 1. The maximum Gasteiger partial charge on any atom is 0.417 e. The van der Waals surface area contributed by atoms with Crippen LogP contribution in [0.25, 0.3) is 0 Å². The molecule has 1 amide bonds. The van der Waals surface area contributed by atoms with E-state index in [-0.39, 0.29) is 11.1 Å². The van der Waals surface area contributed by atoms with Crippen LogP contribution in [0.15, 0.2) is 46.9 Å². The number of amides is 1. The third kappa shape index (κ3) is 4.69. The molecule has 0 bridgehead atoms. The first-order valence-electron chi connectivity index (χ1n) is 6.31. The van der Waals surface area contributed by atoms with Crippen LogP contribution in [0.2, 0.25) is 0 Å². The third-order valence-electron chi connectivity index (χ3n) is 2.81. The zero-order chi connectivity index (χ0) is 17.0. The summed E-state index contributed by atoms with van der Waals surface area (Å²) in [6.07, 6.45) is -5.68. The van der Waals surface area contributed by atoms with Gasteiger partial charge in [-0.25, -0.2) is 9.18 Å². The van der Waals surface area contributed by atoms with Crippen LogP contribution >= 0.6 is 15.9 Å². The van der Waals surface area contributed by atoms with Gasteiger partial charge in [-0.2, -0.15) is 13.2 Å². The Morgan fingerprint density at radius 1 is 1.17 bits per heavy atom. The highest BCUT2D eigenvalue weighted by atomic mass is 79.9. The molecule has 2 aromatic rings. The summed E-state index contributed by atoms with van der Waals surface area (Å²) in [5.41, 5.74) is -0.863. The lowest BCUT2D eigenvalue weighted by Crippen LogP contribution is -2.15. The molecule has 0 fully saturated rings. The van der Waals surface area contributed by atoms with E-state index in [0.717, 1.165) is 11.6 Å². The van der Waals surface area contributed by atoms with Gasteiger partial charge in [0.05, 0.1) is 11.3 Å². The Hall–Kier alpha value is -2.09. The smallest absolute Gasteiger partial charge is 0.417 e. The molecule has 0 aromatic heterocycles. The number of hydrogen-bond donors (Lipinski definition) is 1. The molecule has 0 unspecified atom stereocenters. The minimum Gasteiger partial charge on any atom is -0.444 e. The highest BCUT2D eigenvalue weighted by Crippen LogP contribution is 2.37. The van der Waals surface area contributed by atoms with Crippen LogP contribution in [0.3, 0.4) is 0 Å². The molecule has 1 N–H and O–H groups in total. The summed E-state index contributed by atoms with van der Waals surface area (Å²) in [5, 5.41) is 2.07. The number of hydrogen-bond acceptors (Lipinski definition) is 2. The molecule has 2 aromatic carbocycles. The molecule has 8 heteroatoms. The van der Waals surface area contributed by atoms with Crippen LogP contribution in [-0.4, -0.2) is 6.09 Å². The van der Waals surface area contributed by atoms with Crippen molar-refractivity contribution in [2.75, 3.05) is 5.32 Å². The normalized spacial score (nSPS) is 11.2. The standard InChI is InChI=1S/C15H10BrF4NO2/c16-11-7-13(12(17)6-10(11)15(18,19)20)21-14(22)23-8-9-4-2-1-3-5-9/h1-7H,8H2,(H,21,22). The van der Waals surface area contributed by atoms with Crippen LogP contribution in [0, 0.1) is 5.82 Å². The van der Waals surface area contributed by atoms with Gasteiger partial charge >= 0.3 is 12.3 Å². The van der Waals surface area contributed by atoms with Gasteiger partial charge in [-0.3, -0.25) is 5.32 Å². The minimum absolute atomic E-state index is 0.0455. The summed E-state index contributed by atoms with van der Waals surface area (Å²) in [6.45, 7) is -0.0455. The second-order valence-electron chi connectivity index (χ2n) is 4.50. The summed E-state index contributed by atoms with van der Waals surface area (Å²) < 4.78 is 56.0. The van der Waals surface area contributed by atoms with Gasteiger partial charge in [0.1, 0.15) is 12.4 Å². The Labute approximate surface area is 137 Å². The molecule has 0 aliphatic heterocycles. The van der Waals surface area contributed by atoms with Crippen molar-refractivity contribution in [3.8, 4) is 0 Å². The molecule has 2 rings (SSSR count). The fourth-order valence-electron chi connectivity index (χ4n) is 1.73. The number of anilines is 1. The van der Waals surface area contributed by atoms with Gasteiger partial charge in [0.25, 0.3) is 0 Å². The monoisotopic (exact) mass is 391 g/mol. The molecule has 23 heavy (non-hydrogen) atoms. The first-order chi connectivity index (χ1) is 10.8. The molecule has 0 aliphatic rings. The van der Waals surface area contributed by atoms with E-state index in [1.54, 1.807) is 30.3 Å². The molecular formula is C15H10BrF4NO2. The topological polar surface area (TPSA) is 38.3 Å². The second kappa shape index (κ2) is 6.99. The molecule has 3 nitrogen and oxygen atoms in total. The lowest BCUT2D eigenvalue weighted by atomic mass is 10.2. The maximum atomic E-state index is 13.7. The van der Waals surface area contributed by atoms with Crippen LogP contribution in [-0.2, 0) is 17.5 Å². The molecule has 0 aliphatic carbocycles. The van der Waals surface area contributed by atoms with Crippen molar-refractivity contribution < 1.29 is 27.1 Å². The lowest BCUT2D eigenvalue weighted by Gasteiger charge is -2.12.